The topological polar surface area (TPSA) is 144 Å². The number of nitrogens with zero attached hydrogens (tertiary/aromatic N) is 7. The molecule has 11 nitrogen and oxygen atoms in total. The Morgan fingerprint density at radius 3 is 2.18 bits per heavy atom. The summed E-state index contributed by atoms with van der Waals surface area (Å²) >= 11 is 1.38. The van der Waals surface area contributed by atoms with Crippen molar-refractivity contribution in [3.63, 3.8) is 0 Å². The monoisotopic (exact) mass is 751 g/mol. The zero-order valence-electron chi connectivity index (χ0n) is 28.7. The molecule has 0 aliphatic carbocycles. The van der Waals surface area contributed by atoms with Crippen molar-refractivity contribution >= 4 is 72.3 Å². The maximum absolute atomic E-state index is 13.0. The molecule has 0 atom stereocenters. The Labute approximate surface area is 313 Å². The van der Waals surface area contributed by atoms with Crippen LogP contribution in [0.3, 0.4) is 0 Å². The molecule has 3 aromatic rings. The molecule has 2 amide bonds. The summed E-state index contributed by atoms with van der Waals surface area (Å²) in [6, 6.07) is 16.1. The summed E-state index contributed by atoms with van der Waals surface area (Å²) < 4.78 is 0. The molecule has 1 aromatic carbocycles. The van der Waals surface area contributed by atoms with Crippen molar-refractivity contribution in [2.24, 2.45) is 0 Å². The molecule has 0 saturated carbocycles. The predicted molar refractivity (Wildman–Crippen MR) is 205 cm³/mol. The number of rotatable bonds is 13. The van der Waals surface area contributed by atoms with Gasteiger partial charge in [0, 0.05) is 87.4 Å². The van der Waals surface area contributed by atoms with Crippen LogP contribution >= 0.6 is 49.0 Å². The number of hydrogen-bond acceptors (Lipinski definition) is 10. The molecule has 2 aromatic heterocycles. The minimum absolute atomic E-state index is 0. The normalized spacial score (nSPS) is 12.9. The van der Waals surface area contributed by atoms with Crippen molar-refractivity contribution in [2.45, 2.75) is 70.5 Å². The van der Waals surface area contributed by atoms with Crippen molar-refractivity contribution in [3.05, 3.63) is 59.4 Å². The van der Waals surface area contributed by atoms with Crippen LogP contribution in [0.25, 0.3) is 11.3 Å². The number of pyridine rings is 1. The highest BCUT2D eigenvalue weighted by molar-refractivity contribution is 7.98. The first-order valence-corrected chi connectivity index (χ1v) is 16.8. The van der Waals surface area contributed by atoms with Crippen LogP contribution in [0.4, 0.5) is 11.5 Å². The molecule has 1 aliphatic rings. The highest BCUT2D eigenvalue weighted by atomic mass is 35.5. The fourth-order valence-electron chi connectivity index (χ4n) is 5.63. The number of nitriles is 1. The molecule has 0 unspecified atom stereocenters. The van der Waals surface area contributed by atoms with Crippen LogP contribution in [0, 0.1) is 11.3 Å². The molecule has 15 heteroatoms. The second kappa shape index (κ2) is 21.1. The smallest absolute Gasteiger partial charge is 0.223 e. The number of nitrogens with one attached hydrogen (secondary N) is 1. The van der Waals surface area contributed by atoms with Gasteiger partial charge in [-0.15, -0.1) is 37.2 Å². The van der Waals surface area contributed by atoms with E-state index < -0.39 is 0 Å². The summed E-state index contributed by atoms with van der Waals surface area (Å²) in [5.41, 5.74) is 9.82. The molecule has 0 bridgehead atoms. The lowest BCUT2D eigenvalue weighted by atomic mass is 10.1. The number of carbonyl (C=O) groups is 2. The summed E-state index contributed by atoms with van der Waals surface area (Å²) in [6.45, 7) is 15.8. The highest BCUT2D eigenvalue weighted by Crippen LogP contribution is 2.29. The summed E-state index contributed by atoms with van der Waals surface area (Å²) in [5, 5.41) is 12.9. The lowest BCUT2D eigenvalue weighted by molar-refractivity contribution is -0.133. The number of hydrogen-bond donors (Lipinski definition) is 2. The van der Waals surface area contributed by atoms with E-state index in [1.807, 2.05) is 23.1 Å². The molecular formula is C34H48Cl3N9O2S. The van der Waals surface area contributed by atoms with Gasteiger partial charge in [-0.05, 0) is 58.4 Å². The van der Waals surface area contributed by atoms with Gasteiger partial charge in [0.25, 0.3) is 0 Å². The van der Waals surface area contributed by atoms with E-state index in [9.17, 15) is 14.9 Å². The number of anilines is 2. The Morgan fingerprint density at radius 1 is 0.959 bits per heavy atom. The molecule has 1 fully saturated rings. The number of nitrogen functional groups attached to an aromatic ring is 1. The Morgan fingerprint density at radius 2 is 1.59 bits per heavy atom. The molecule has 1 aliphatic heterocycles. The van der Waals surface area contributed by atoms with Crippen molar-refractivity contribution < 1.29 is 9.59 Å². The number of nitrogens with two attached hydrogens (primary N) is 1. The third-order valence-corrected chi connectivity index (χ3v) is 8.92. The number of thioether (sulfide) groups is 1. The molecule has 0 spiro atoms. The van der Waals surface area contributed by atoms with Gasteiger partial charge in [-0.25, -0.2) is 9.97 Å². The van der Waals surface area contributed by atoms with E-state index in [-0.39, 0.29) is 60.4 Å². The maximum Gasteiger partial charge on any atom is 0.223 e. The van der Waals surface area contributed by atoms with E-state index in [0.29, 0.717) is 52.8 Å². The summed E-state index contributed by atoms with van der Waals surface area (Å²) in [7, 11) is 0. The average Bonchev–Trinajstić information content (AvgIpc) is 3.03. The summed E-state index contributed by atoms with van der Waals surface area (Å²) in [5.74, 6) is 0.613. The first-order chi connectivity index (χ1) is 22.0. The molecule has 3 heterocycles. The van der Waals surface area contributed by atoms with E-state index in [0.717, 1.165) is 50.7 Å². The van der Waals surface area contributed by atoms with E-state index in [2.05, 4.69) is 58.8 Å². The molecule has 3 N–H and O–H groups in total. The van der Waals surface area contributed by atoms with Gasteiger partial charge in [0.2, 0.25) is 11.8 Å². The number of benzene rings is 1. The molecule has 4 rings (SSSR count). The van der Waals surface area contributed by atoms with E-state index in [1.165, 1.54) is 18.7 Å². The number of carbonyl (C=O) groups excluding carboxylic acids is 2. The third-order valence-electron chi connectivity index (χ3n) is 8.04. The van der Waals surface area contributed by atoms with Crippen molar-refractivity contribution in [1.29, 1.82) is 5.26 Å². The SMILES string of the molecule is CC(=O)Nc1ccc(-c2nc(SCc3cccc(CCC(=O)N4CCN(CCN(C(C)C)C(C)C)CC4)n3)nc(N)c2C#N)cc1.Cl.Cl.Cl. The lowest BCUT2D eigenvalue weighted by Crippen LogP contribution is -2.51. The number of piperazine rings is 1. The van der Waals surface area contributed by atoms with Crippen molar-refractivity contribution in [1.82, 2.24) is 29.7 Å². The summed E-state index contributed by atoms with van der Waals surface area (Å²) in [6.07, 6.45) is 1.01. The number of halogens is 3. The van der Waals surface area contributed by atoms with Crippen LogP contribution in [-0.2, 0) is 21.8 Å². The van der Waals surface area contributed by atoms with Gasteiger partial charge >= 0.3 is 0 Å². The van der Waals surface area contributed by atoms with Gasteiger partial charge in [0.15, 0.2) is 5.16 Å². The van der Waals surface area contributed by atoms with Crippen LogP contribution < -0.4 is 11.1 Å². The fourth-order valence-corrected chi connectivity index (χ4v) is 6.38. The Balaban J connectivity index is 0.00000400. The molecule has 1 saturated heterocycles. The minimum atomic E-state index is -0.167. The van der Waals surface area contributed by atoms with Crippen LogP contribution in [-0.4, -0.2) is 92.8 Å². The van der Waals surface area contributed by atoms with Crippen LogP contribution in [0.15, 0.2) is 47.6 Å². The van der Waals surface area contributed by atoms with Crippen LogP contribution in [0.2, 0.25) is 0 Å². The molecule has 49 heavy (non-hydrogen) atoms. The van der Waals surface area contributed by atoms with Gasteiger partial charge in [-0.1, -0.05) is 30.0 Å². The first kappa shape index (κ1) is 43.8. The summed E-state index contributed by atoms with van der Waals surface area (Å²) in [4.78, 5) is 45.1. The van der Waals surface area contributed by atoms with Gasteiger partial charge in [-0.2, -0.15) is 5.26 Å². The van der Waals surface area contributed by atoms with Crippen LogP contribution in [0.5, 0.6) is 0 Å². The number of aromatic nitrogens is 3. The predicted octanol–water partition coefficient (Wildman–Crippen LogP) is 5.70. The lowest BCUT2D eigenvalue weighted by Gasteiger charge is -2.37. The minimum Gasteiger partial charge on any atom is -0.382 e. The van der Waals surface area contributed by atoms with Crippen molar-refractivity contribution in [2.75, 3.05) is 50.3 Å². The van der Waals surface area contributed by atoms with E-state index in [4.69, 9.17) is 10.7 Å². The van der Waals surface area contributed by atoms with Crippen molar-refractivity contribution in [3.8, 4) is 17.3 Å². The highest BCUT2D eigenvalue weighted by Gasteiger charge is 2.22. The van der Waals surface area contributed by atoms with E-state index in [1.54, 1.807) is 24.3 Å². The Bertz CT molecular complexity index is 1540. The number of amides is 2. The van der Waals surface area contributed by atoms with Crippen LogP contribution in [0.1, 0.15) is 58.0 Å². The standard InChI is InChI=1S/C34H45N9O2S.3ClH/c1-23(2)43(24(3)4)20-17-41-15-18-42(19-16-41)31(45)14-13-27-7-6-8-29(38-27)22-46-34-39-32(30(21-35)33(36)40-34)26-9-11-28(12-10-26)37-25(5)44;;;/h6-12,23-24H,13-20,22H2,1-5H3,(H,37,44)(H2,36,39,40);3*1H. The second-order valence-corrected chi connectivity index (χ2v) is 13.0. The molecular weight excluding hydrogens is 705 g/mol. The maximum atomic E-state index is 13.0. The fraction of sp³-hybridized carbons (Fsp3) is 0.471. The Kier molecular flexibility index (Phi) is 18.9. The quantitative estimate of drug-likeness (QED) is 0.165. The third kappa shape index (κ3) is 12.9. The average molecular weight is 753 g/mol. The zero-order valence-corrected chi connectivity index (χ0v) is 32.0. The Hall–Kier alpha value is -3.18. The second-order valence-electron chi connectivity index (χ2n) is 12.0. The van der Waals surface area contributed by atoms with Gasteiger partial charge in [-0.3, -0.25) is 24.4 Å². The molecule has 268 valence electrons. The van der Waals surface area contributed by atoms with E-state index >= 15 is 0 Å². The molecule has 0 radical (unpaired) electrons. The first-order valence-electron chi connectivity index (χ1n) is 15.8. The zero-order chi connectivity index (χ0) is 33.2. The van der Waals surface area contributed by atoms with Gasteiger partial charge in [0.1, 0.15) is 17.5 Å². The number of aryl methyl sites for hydroxylation is 1. The van der Waals surface area contributed by atoms with Gasteiger partial charge in [0.05, 0.1) is 11.4 Å². The van der Waals surface area contributed by atoms with Gasteiger partial charge < -0.3 is 16.0 Å². The largest absolute Gasteiger partial charge is 0.382 e.